The number of aromatic hydroxyl groups is 1. The zero-order valence-electron chi connectivity index (χ0n) is 21.8. The molecule has 0 radical (unpaired) electrons. The Labute approximate surface area is 254 Å². The zero-order valence-corrected chi connectivity index (χ0v) is 24.1. The Bertz CT molecular complexity index is 1870. The van der Waals surface area contributed by atoms with E-state index in [-0.39, 0.29) is 11.4 Å². The van der Waals surface area contributed by atoms with Gasteiger partial charge in [-0.25, -0.2) is 4.79 Å². The first kappa shape index (κ1) is 29.0. The van der Waals surface area contributed by atoms with Crippen molar-refractivity contribution in [1.82, 2.24) is 5.32 Å². The highest BCUT2D eigenvalue weighted by molar-refractivity contribution is 7.98. The van der Waals surface area contributed by atoms with E-state index in [0.29, 0.717) is 49.1 Å². The minimum Gasteiger partial charge on any atom is -0.508 e. The summed E-state index contributed by atoms with van der Waals surface area (Å²) in [5.74, 6) is -0.616. The van der Waals surface area contributed by atoms with Gasteiger partial charge in [0.05, 0.1) is 0 Å². The molecule has 0 aliphatic rings. The Balaban J connectivity index is 1.30. The molecule has 0 unspecified atom stereocenters. The van der Waals surface area contributed by atoms with E-state index in [9.17, 15) is 19.5 Å². The first-order valence-electron chi connectivity index (χ1n) is 12.6. The number of hydrogen-bond donors (Lipinski definition) is 3. The fraction of sp³-hybridized carbons (Fsp3) is 0.0312. The van der Waals surface area contributed by atoms with Crippen molar-refractivity contribution in [3.63, 3.8) is 0 Å². The molecule has 1 heterocycles. The molecule has 0 aliphatic carbocycles. The van der Waals surface area contributed by atoms with Crippen LogP contribution in [0.3, 0.4) is 0 Å². The molecule has 5 rings (SSSR count). The fourth-order valence-electron chi connectivity index (χ4n) is 3.95. The lowest BCUT2D eigenvalue weighted by atomic mass is 10.1. The Kier molecular flexibility index (Phi) is 8.97. The fourth-order valence-corrected chi connectivity index (χ4v) is 5.27. The van der Waals surface area contributed by atoms with Gasteiger partial charge in [-0.05, 0) is 78.4 Å². The molecule has 0 fully saturated rings. The largest absolute Gasteiger partial charge is 0.508 e. The minimum atomic E-state index is -0.550. The first-order valence-corrected chi connectivity index (χ1v) is 14.3. The SMILES string of the molecule is O=C(Nc1ccc(SCc2cc3ccc(O)cc3oc2=O)cc1)/C(=C/c1ccc(Cl)cc1Cl)NC(=O)c1ccccc1. The molecule has 0 saturated carbocycles. The number of benzene rings is 4. The number of phenols is 1. The number of hydrogen-bond acceptors (Lipinski definition) is 6. The third-order valence-corrected chi connectivity index (χ3v) is 7.71. The molecule has 4 aromatic carbocycles. The Morgan fingerprint density at radius 1 is 0.905 bits per heavy atom. The van der Waals surface area contributed by atoms with Crippen LogP contribution in [0.2, 0.25) is 10.0 Å². The second kappa shape index (κ2) is 13.0. The summed E-state index contributed by atoms with van der Waals surface area (Å²) in [5.41, 5.74) is 1.71. The molecular formula is C32H22Cl2N2O5S. The van der Waals surface area contributed by atoms with Crippen LogP contribution < -0.4 is 16.3 Å². The van der Waals surface area contributed by atoms with E-state index in [4.69, 9.17) is 27.6 Å². The summed E-state index contributed by atoms with van der Waals surface area (Å²) in [6.07, 6.45) is 1.48. The van der Waals surface area contributed by atoms with Crippen molar-refractivity contribution in [3.05, 3.63) is 140 Å². The van der Waals surface area contributed by atoms with Crippen molar-refractivity contribution in [2.24, 2.45) is 0 Å². The van der Waals surface area contributed by atoms with Crippen LogP contribution >= 0.6 is 35.0 Å². The summed E-state index contributed by atoms with van der Waals surface area (Å²) < 4.78 is 5.33. The van der Waals surface area contributed by atoms with Crippen LogP contribution in [0.4, 0.5) is 5.69 Å². The van der Waals surface area contributed by atoms with Gasteiger partial charge in [0.15, 0.2) is 0 Å². The van der Waals surface area contributed by atoms with Crippen molar-refractivity contribution in [3.8, 4) is 5.75 Å². The highest BCUT2D eigenvalue weighted by atomic mass is 35.5. The van der Waals surface area contributed by atoms with Gasteiger partial charge in [-0.1, -0.05) is 47.5 Å². The molecular weight excluding hydrogens is 595 g/mol. The van der Waals surface area contributed by atoms with E-state index in [0.717, 1.165) is 4.90 Å². The summed E-state index contributed by atoms with van der Waals surface area (Å²) in [5, 5.41) is 16.5. The summed E-state index contributed by atoms with van der Waals surface area (Å²) in [6, 6.07) is 26.8. The number of carbonyl (C=O) groups excluding carboxylic acids is 2. The normalized spacial score (nSPS) is 11.3. The van der Waals surface area contributed by atoms with Gasteiger partial charge in [-0.15, -0.1) is 11.8 Å². The summed E-state index contributed by atoms with van der Waals surface area (Å²) in [4.78, 5) is 39.4. The molecule has 5 aromatic rings. The van der Waals surface area contributed by atoms with Crippen molar-refractivity contribution < 1.29 is 19.1 Å². The third kappa shape index (κ3) is 7.22. The second-order valence-corrected chi connectivity index (χ2v) is 11.0. The smallest absolute Gasteiger partial charge is 0.340 e. The zero-order chi connectivity index (χ0) is 29.6. The number of phenolic OH excluding ortho intramolecular Hbond substituents is 1. The number of anilines is 1. The molecule has 3 N–H and O–H groups in total. The number of fused-ring (bicyclic) bond motifs is 1. The van der Waals surface area contributed by atoms with Gasteiger partial charge in [0.25, 0.3) is 11.8 Å². The third-order valence-electron chi connectivity index (χ3n) is 6.09. The van der Waals surface area contributed by atoms with Crippen LogP contribution in [0.15, 0.2) is 117 Å². The van der Waals surface area contributed by atoms with E-state index in [1.807, 2.05) is 12.1 Å². The molecule has 7 nitrogen and oxygen atoms in total. The van der Waals surface area contributed by atoms with E-state index in [1.165, 1.54) is 30.0 Å². The van der Waals surface area contributed by atoms with Gasteiger partial charge in [-0.2, -0.15) is 0 Å². The van der Waals surface area contributed by atoms with Gasteiger partial charge >= 0.3 is 5.63 Å². The topological polar surface area (TPSA) is 109 Å². The van der Waals surface area contributed by atoms with Gasteiger partial charge in [0.2, 0.25) is 0 Å². The number of thioether (sulfide) groups is 1. The number of nitrogens with one attached hydrogen (secondary N) is 2. The summed E-state index contributed by atoms with van der Waals surface area (Å²) >= 11 is 13.8. The number of halogens is 2. The lowest BCUT2D eigenvalue weighted by Gasteiger charge is -2.12. The Hall–Kier alpha value is -4.50. The molecule has 1 aromatic heterocycles. The standard InChI is InChI=1S/C32H22Cl2N2O5S/c33-23-8-6-20(27(34)16-23)15-28(36-30(38)19-4-2-1-3-5-19)31(39)35-24-9-12-26(13-10-24)42-18-22-14-21-7-11-25(37)17-29(21)41-32(22)40/h1-17,37H,18H2,(H,35,39)(H,36,38)/b28-15-. The second-order valence-electron chi connectivity index (χ2n) is 9.09. The van der Waals surface area contributed by atoms with Crippen molar-refractivity contribution in [1.29, 1.82) is 0 Å². The maximum atomic E-state index is 13.3. The van der Waals surface area contributed by atoms with Crippen molar-refractivity contribution in [2.45, 2.75) is 10.6 Å². The monoisotopic (exact) mass is 616 g/mol. The average molecular weight is 618 g/mol. The van der Waals surface area contributed by atoms with Crippen LogP contribution in [-0.2, 0) is 10.5 Å². The Morgan fingerprint density at radius 3 is 2.40 bits per heavy atom. The molecule has 0 spiro atoms. The van der Waals surface area contributed by atoms with Gasteiger partial charge < -0.3 is 20.2 Å². The van der Waals surface area contributed by atoms with Crippen molar-refractivity contribution >= 4 is 69.5 Å². The highest BCUT2D eigenvalue weighted by Gasteiger charge is 2.16. The number of amides is 2. The van der Waals surface area contributed by atoms with Crippen molar-refractivity contribution in [2.75, 3.05) is 5.32 Å². The van der Waals surface area contributed by atoms with E-state index in [1.54, 1.807) is 72.8 Å². The van der Waals surface area contributed by atoms with Crippen LogP contribution in [0.5, 0.6) is 5.75 Å². The predicted octanol–water partition coefficient (Wildman–Crippen LogP) is 7.51. The molecule has 210 valence electrons. The van der Waals surface area contributed by atoms with E-state index < -0.39 is 17.4 Å². The van der Waals surface area contributed by atoms with Gasteiger partial charge in [0.1, 0.15) is 17.0 Å². The summed E-state index contributed by atoms with van der Waals surface area (Å²) in [7, 11) is 0. The molecule has 0 aliphatic heterocycles. The molecule has 2 amide bonds. The average Bonchev–Trinajstić information content (AvgIpc) is 2.98. The lowest BCUT2D eigenvalue weighted by Crippen LogP contribution is -2.30. The van der Waals surface area contributed by atoms with Crippen LogP contribution in [0.1, 0.15) is 21.5 Å². The molecule has 0 atom stereocenters. The number of carbonyl (C=O) groups is 2. The first-order chi connectivity index (χ1) is 20.2. The Morgan fingerprint density at radius 2 is 1.67 bits per heavy atom. The van der Waals surface area contributed by atoms with Gasteiger partial charge in [0, 0.05) is 49.0 Å². The molecule has 10 heteroatoms. The predicted molar refractivity (Wildman–Crippen MR) is 167 cm³/mol. The highest BCUT2D eigenvalue weighted by Crippen LogP contribution is 2.27. The van der Waals surface area contributed by atoms with E-state index >= 15 is 0 Å². The molecule has 0 saturated heterocycles. The van der Waals surface area contributed by atoms with Crippen LogP contribution in [0.25, 0.3) is 17.0 Å². The molecule has 0 bridgehead atoms. The summed E-state index contributed by atoms with van der Waals surface area (Å²) in [6.45, 7) is 0. The molecule has 42 heavy (non-hydrogen) atoms. The van der Waals surface area contributed by atoms with E-state index in [2.05, 4.69) is 10.6 Å². The maximum absolute atomic E-state index is 13.3. The number of rotatable bonds is 8. The van der Waals surface area contributed by atoms with Crippen LogP contribution in [-0.4, -0.2) is 16.9 Å². The quantitative estimate of drug-likeness (QED) is 0.0945. The van der Waals surface area contributed by atoms with Crippen LogP contribution in [0, 0.1) is 0 Å². The lowest BCUT2D eigenvalue weighted by molar-refractivity contribution is -0.113. The minimum absolute atomic E-state index is 0.0112. The van der Waals surface area contributed by atoms with Gasteiger partial charge in [-0.3, -0.25) is 9.59 Å². The maximum Gasteiger partial charge on any atom is 0.340 e.